The Hall–Kier alpha value is -1.56. The minimum Gasteiger partial charge on any atom is -0.460 e. The maximum absolute atomic E-state index is 11.1. The second-order valence-electron chi connectivity index (χ2n) is 4.72. The second kappa shape index (κ2) is 13.4. The molecule has 0 aromatic heterocycles. The van der Waals surface area contributed by atoms with Gasteiger partial charge in [0.15, 0.2) is 0 Å². The van der Waals surface area contributed by atoms with Gasteiger partial charge in [-0.1, -0.05) is 20.4 Å². The van der Waals surface area contributed by atoms with Crippen LogP contribution in [-0.4, -0.2) is 42.5 Å². The number of amides is 1. The third-order valence-electron chi connectivity index (χ3n) is 2.43. The molecule has 124 valence electrons. The molecular formula is C15H29NO5. The van der Waals surface area contributed by atoms with E-state index in [-0.39, 0.29) is 25.4 Å². The summed E-state index contributed by atoms with van der Waals surface area (Å²) in [6.07, 6.45) is 0.895. The maximum Gasteiger partial charge on any atom is 0.407 e. The van der Waals surface area contributed by atoms with Crippen LogP contribution in [0.4, 0.5) is 4.79 Å². The molecule has 0 saturated heterocycles. The van der Waals surface area contributed by atoms with Gasteiger partial charge in [-0.25, -0.2) is 9.59 Å². The summed E-state index contributed by atoms with van der Waals surface area (Å²) in [7, 11) is 0. The van der Waals surface area contributed by atoms with Gasteiger partial charge >= 0.3 is 12.1 Å². The van der Waals surface area contributed by atoms with Gasteiger partial charge in [-0.3, -0.25) is 0 Å². The molecule has 6 heteroatoms. The van der Waals surface area contributed by atoms with Crippen LogP contribution in [0, 0.1) is 0 Å². The van der Waals surface area contributed by atoms with Crippen LogP contribution in [0.25, 0.3) is 0 Å². The first kappa shape index (κ1) is 21.7. The molecule has 0 aliphatic heterocycles. The molecule has 0 saturated carbocycles. The Balaban J connectivity index is 0. The third kappa shape index (κ3) is 16.4. The van der Waals surface area contributed by atoms with Crippen molar-refractivity contribution in [1.29, 1.82) is 0 Å². The minimum atomic E-state index is -0.499. The Morgan fingerprint density at radius 3 is 2.14 bits per heavy atom. The van der Waals surface area contributed by atoms with Crippen LogP contribution in [0.5, 0.6) is 0 Å². The van der Waals surface area contributed by atoms with Crippen molar-refractivity contribution < 1.29 is 24.2 Å². The number of esters is 1. The van der Waals surface area contributed by atoms with E-state index < -0.39 is 12.1 Å². The minimum absolute atomic E-state index is 0.112. The summed E-state index contributed by atoms with van der Waals surface area (Å²) in [6, 6.07) is 0. The summed E-state index contributed by atoms with van der Waals surface area (Å²) in [4.78, 5) is 22.0. The topological polar surface area (TPSA) is 84.9 Å². The van der Waals surface area contributed by atoms with Gasteiger partial charge < -0.3 is 19.9 Å². The fraction of sp³-hybridized carbons (Fsp3) is 0.733. The van der Waals surface area contributed by atoms with E-state index in [4.69, 9.17) is 14.6 Å². The van der Waals surface area contributed by atoms with Crippen molar-refractivity contribution in [3.8, 4) is 0 Å². The van der Waals surface area contributed by atoms with Gasteiger partial charge in [0.2, 0.25) is 0 Å². The SMILES string of the molecule is C=C(C)C(=O)OCCNC(=O)OC(C)CC.CCC(C)O. The van der Waals surface area contributed by atoms with Gasteiger partial charge in [0.1, 0.15) is 12.7 Å². The van der Waals surface area contributed by atoms with Crippen molar-refractivity contribution in [3.05, 3.63) is 12.2 Å². The summed E-state index contributed by atoms with van der Waals surface area (Å²) >= 11 is 0. The number of alkyl carbamates (subject to hydrolysis) is 1. The number of aliphatic hydroxyl groups excluding tert-OH is 1. The van der Waals surface area contributed by atoms with Gasteiger partial charge in [-0.15, -0.1) is 0 Å². The summed E-state index contributed by atoms with van der Waals surface area (Å²) in [5.41, 5.74) is 0.335. The van der Waals surface area contributed by atoms with E-state index in [0.717, 1.165) is 12.8 Å². The lowest BCUT2D eigenvalue weighted by Crippen LogP contribution is -2.31. The van der Waals surface area contributed by atoms with E-state index in [0.29, 0.717) is 5.57 Å². The van der Waals surface area contributed by atoms with Gasteiger partial charge in [0.25, 0.3) is 0 Å². The third-order valence-corrected chi connectivity index (χ3v) is 2.43. The lowest BCUT2D eigenvalue weighted by molar-refractivity contribution is -0.138. The summed E-state index contributed by atoms with van der Waals surface area (Å²) in [6.45, 7) is 12.8. The van der Waals surface area contributed by atoms with Crippen LogP contribution < -0.4 is 5.32 Å². The molecule has 2 unspecified atom stereocenters. The highest BCUT2D eigenvalue weighted by Gasteiger charge is 2.07. The van der Waals surface area contributed by atoms with E-state index in [1.54, 1.807) is 20.8 Å². The first-order chi connectivity index (χ1) is 9.74. The average Bonchev–Trinajstić information content (AvgIpc) is 2.43. The predicted molar refractivity (Wildman–Crippen MR) is 82.0 cm³/mol. The number of nitrogens with one attached hydrogen (secondary N) is 1. The van der Waals surface area contributed by atoms with Crippen LogP contribution >= 0.6 is 0 Å². The van der Waals surface area contributed by atoms with Crippen molar-refractivity contribution in [1.82, 2.24) is 5.32 Å². The number of ether oxygens (including phenoxy) is 2. The Morgan fingerprint density at radius 1 is 1.24 bits per heavy atom. The molecule has 0 bridgehead atoms. The fourth-order valence-corrected chi connectivity index (χ4v) is 0.728. The Kier molecular flexibility index (Phi) is 13.9. The smallest absolute Gasteiger partial charge is 0.407 e. The Morgan fingerprint density at radius 2 is 1.76 bits per heavy atom. The molecule has 0 aliphatic carbocycles. The summed E-state index contributed by atoms with van der Waals surface area (Å²) in [5.74, 6) is -0.461. The molecule has 0 heterocycles. The number of hydrogen-bond donors (Lipinski definition) is 2. The number of carbonyl (C=O) groups is 2. The van der Waals surface area contributed by atoms with Crippen molar-refractivity contribution in [3.63, 3.8) is 0 Å². The van der Waals surface area contributed by atoms with Crippen LogP contribution in [0.2, 0.25) is 0 Å². The molecule has 0 aliphatic rings. The zero-order chi connectivity index (χ0) is 16.8. The van der Waals surface area contributed by atoms with E-state index in [2.05, 4.69) is 11.9 Å². The monoisotopic (exact) mass is 303 g/mol. The first-order valence-corrected chi connectivity index (χ1v) is 7.19. The van der Waals surface area contributed by atoms with Gasteiger partial charge in [-0.2, -0.15) is 0 Å². The van der Waals surface area contributed by atoms with E-state index in [1.165, 1.54) is 0 Å². The highest BCUT2D eigenvalue weighted by atomic mass is 16.6. The van der Waals surface area contributed by atoms with Gasteiger partial charge in [0.05, 0.1) is 12.6 Å². The molecule has 21 heavy (non-hydrogen) atoms. The number of carbonyl (C=O) groups excluding carboxylic acids is 2. The van der Waals surface area contributed by atoms with E-state index in [9.17, 15) is 9.59 Å². The fourth-order valence-electron chi connectivity index (χ4n) is 0.728. The van der Waals surface area contributed by atoms with Gasteiger partial charge in [0, 0.05) is 5.57 Å². The quantitative estimate of drug-likeness (QED) is 0.428. The Labute approximate surface area is 127 Å². The molecule has 0 aromatic carbocycles. The van der Waals surface area contributed by atoms with Crippen molar-refractivity contribution >= 4 is 12.1 Å². The van der Waals surface area contributed by atoms with Crippen LogP contribution in [-0.2, 0) is 14.3 Å². The largest absolute Gasteiger partial charge is 0.460 e. The molecule has 1 amide bonds. The van der Waals surface area contributed by atoms with Crippen LogP contribution in [0.15, 0.2) is 12.2 Å². The highest BCUT2D eigenvalue weighted by Crippen LogP contribution is 1.95. The number of rotatable bonds is 7. The highest BCUT2D eigenvalue weighted by molar-refractivity contribution is 5.86. The zero-order valence-electron chi connectivity index (χ0n) is 13.8. The summed E-state index contributed by atoms with van der Waals surface area (Å²) in [5, 5.41) is 10.8. The van der Waals surface area contributed by atoms with Crippen molar-refractivity contribution in [2.24, 2.45) is 0 Å². The lowest BCUT2D eigenvalue weighted by atomic mass is 10.3. The van der Waals surface area contributed by atoms with E-state index >= 15 is 0 Å². The van der Waals surface area contributed by atoms with Crippen LogP contribution in [0.3, 0.4) is 0 Å². The molecule has 0 fully saturated rings. The first-order valence-electron chi connectivity index (χ1n) is 7.19. The summed E-state index contributed by atoms with van der Waals surface area (Å²) < 4.78 is 9.72. The number of aliphatic hydroxyl groups is 1. The maximum atomic E-state index is 11.1. The standard InChI is InChI=1S/C11H19NO4.C4H10O/c1-5-9(4)16-11(14)12-6-7-15-10(13)8(2)3;1-3-4(2)5/h9H,2,5-7H2,1,3-4H3,(H,12,14);4-5H,3H2,1-2H3. The van der Waals surface area contributed by atoms with Gasteiger partial charge in [-0.05, 0) is 33.6 Å². The number of hydrogen-bond acceptors (Lipinski definition) is 5. The molecular weight excluding hydrogens is 274 g/mol. The van der Waals surface area contributed by atoms with Crippen LogP contribution in [0.1, 0.15) is 47.5 Å². The molecule has 6 nitrogen and oxygen atoms in total. The van der Waals surface area contributed by atoms with Crippen molar-refractivity contribution in [2.45, 2.75) is 59.7 Å². The lowest BCUT2D eigenvalue weighted by Gasteiger charge is -2.11. The van der Waals surface area contributed by atoms with E-state index in [1.807, 2.05) is 13.8 Å². The second-order valence-corrected chi connectivity index (χ2v) is 4.72. The molecule has 2 atom stereocenters. The molecule has 2 N–H and O–H groups in total. The molecule has 0 rings (SSSR count). The molecule has 0 aromatic rings. The predicted octanol–water partition coefficient (Wildman–Crippen LogP) is 2.41. The van der Waals surface area contributed by atoms with Crippen molar-refractivity contribution in [2.75, 3.05) is 13.2 Å². The molecule has 0 spiro atoms. The zero-order valence-corrected chi connectivity index (χ0v) is 13.8. The molecule has 0 radical (unpaired) electrons. The normalized spacial score (nSPS) is 12.3. The Bertz CT molecular complexity index is 315. The average molecular weight is 303 g/mol.